The third kappa shape index (κ3) is 4.12. The minimum absolute atomic E-state index is 0.000628. The first-order valence-electron chi connectivity index (χ1n) is 8.28. The van der Waals surface area contributed by atoms with Crippen molar-refractivity contribution in [1.29, 1.82) is 0 Å². The lowest BCUT2D eigenvalue weighted by Crippen LogP contribution is -2.21. The maximum Gasteiger partial charge on any atom is 0.418 e. The van der Waals surface area contributed by atoms with E-state index in [9.17, 15) is 13.2 Å². The van der Waals surface area contributed by atoms with Crippen molar-refractivity contribution < 1.29 is 22.7 Å². The fourth-order valence-electron chi connectivity index (χ4n) is 2.68. The molecular weight excluding hydrogens is 351 g/mol. The second-order valence-corrected chi connectivity index (χ2v) is 5.77. The number of hydrogen-bond donors (Lipinski definition) is 0. The summed E-state index contributed by atoms with van der Waals surface area (Å²) in [6.07, 6.45) is 2.25. The largest absolute Gasteiger partial charge is 0.488 e. The molecule has 2 heterocycles. The highest BCUT2D eigenvalue weighted by atomic mass is 19.4. The van der Waals surface area contributed by atoms with Crippen LogP contribution in [0.5, 0.6) is 5.75 Å². The van der Waals surface area contributed by atoms with E-state index in [4.69, 9.17) is 9.57 Å². The molecular formula is C16H18F3N5O2. The van der Waals surface area contributed by atoms with Gasteiger partial charge in [0, 0.05) is 6.20 Å². The first-order valence-corrected chi connectivity index (χ1v) is 8.28. The van der Waals surface area contributed by atoms with Gasteiger partial charge >= 0.3 is 6.18 Å². The lowest BCUT2D eigenvalue weighted by molar-refractivity contribution is -0.138. The van der Waals surface area contributed by atoms with E-state index < -0.39 is 11.7 Å². The van der Waals surface area contributed by atoms with Crippen molar-refractivity contribution in [1.82, 2.24) is 19.7 Å². The van der Waals surface area contributed by atoms with Gasteiger partial charge in [-0.25, -0.2) is 9.97 Å². The summed E-state index contributed by atoms with van der Waals surface area (Å²) in [5.41, 5.74) is -0.771. The first kappa shape index (κ1) is 18.2. The van der Waals surface area contributed by atoms with Crippen LogP contribution in [0.25, 0.3) is 0 Å². The molecule has 0 atom stereocenters. The predicted octanol–water partition coefficient (Wildman–Crippen LogP) is 3.26. The number of hydrogen-bond acceptors (Lipinski definition) is 6. The smallest absolute Gasteiger partial charge is 0.418 e. The maximum absolute atomic E-state index is 13.1. The van der Waals surface area contributed by atoms with Gasteiger partial charge in [-0.15, -0.1) is 0 Å². The molecule has 1 fully saturated rings. The van der Waals surface area contributed by atoms with Crippen LogP contribution in [-0.2, 0) is 11.0 Å². The summed E-state index contributed by atoms with van der Waals surface area (Å²) in [6.45, 7) is 2.01. The summed E-state index contributed by atoms with van der Waals surface area (Å²) in [5.74, 6) is 0.103. The van der Waals surface area contributed by atoms with E-state index in [0.29, 0.717) is 0 Å². The summed E-state index contributed by atoms with van der Waals surface area (Å²) >= 11 is 0. The third-order valence-electron chi connectivity index (χ3n) is 3.90. The molecule has 2 aromatic heterocycles. The molecule has 3 rings (SSSR count). The molecule has 1 saturated carbocycles. The fourth-order valence-corrected chi connectivity index (χ4v) is 2.68. The number of nitrogens with zero attached hydrogens (tertiary/aromatic N) is 5. The van der Waals surface area contributed by atoms with Gasteiger partial charge in [-0.1, -0.05) is 5.16 Å². The van der Waals surface area contributed by atoms with Crippen LogP contribution in [0.15, 0.2) is 30.1 Å². The summed E-state index contributed by atoms with van der Waals surface area (Å²) in [7, 11) is 0. The van der Waals surface area contributed by atoms with Crippen molar-refractivity contribution in [3.8, 4) is 5.75 Å². The summed E-state index contributed by atoms with van der Waals surface area (Å²) in [5, 5.41) is 7.90. The van der Waals surface area contributed by atoms with Crippen LogP contribution in [0.4, 0.5) is 13.2 Å². The van der Waals surface area contributed by atoms with Gasteiger partial charge in [0.1, 0.15) is 25.0 Å². The standard InChI is InChI=1S/C16H18F3N5O2/c1-2-25-23-15(24-10-20-9-22-24)14-13(26-12-5-3-4-6-12)7-11(8-21-14)16(17,18)19/h7-10,12H,2-6H2,1H3/b23-15+. The number of aromatic nitrogens is 4. The molecule has 140 valence electrons. The second-order valence-electron chi connectivity index (χ2n) is 5.77. The molecule has 7 nitrogen and oxygen atoms in total. The van der Waals surface area contributed by atoms with Crippen molar-refractivity contribution >= 4 is 5.84 Å². The molecule has 0 unspecified atom stereocenters. The average Bonchev–Trinajstić information content (AvgIpc) is 3.29. The molecule has 0 N–H and O–H groups in total. The van der Waals surface area contributed by atoms with Crippen LogP contribution in [-0.4, -0.2) is 38.3 Å². The molecule has 10 heteroatoms. The summed E-state index contributed by atoms with van der Waals surface area (Å²) < 4.78 is 46.4. The van der Waals surface area contributed by atoms with Gasteiger partial charge in [0.2, 0.25) is 5.84 Å². The van der Waals surface area contributed by atoms with Crippen LogP contribution < -0.4 is 4.74 Å². The second kappa shape index (κ2) is 7.71. The van der Waals surface area contributed by atoms with Crippen molar-refractivity contribution in [2.75, 3.05) is 6.61 Å². The highest BCUT2D eigenvalue weighted by Crippen LogP contribution is 2.34. The zero-order valence-electron chi connectivity index (χ0n) is 14.1. The van der Waals surface area contributed by atoms with Gasteiger partial charge in [-0.3, -0.25) is 0 Å². The van der Waals surface area contributed by atoms with E-state index in [1.54, 1.807) is 6.92 Å². The number of pyridine rings is 1. The number of halogens is 3. The van der Waals surface area contributed by atoms with Gasteiger partial charge in [-0.2, -0.15) is 23.0 Å². The van der Waals surface area contributed by atoms with Crippen LogP contribution in [0.3, 0.4) is 0 Å². The van der Waals surface area contributed by atoms with Gasteiger partial charge in [0.05, 0.1) is 11.7 Å². The third-order valence-corrected chi connectivity index (χ3v) is 3.90. The van der Waals surface area contributed by atoms with Crippen molar-refractivity contribution in [2.24, 2.45) is 5.16 Å². The van der Waals surface area contributed by atoms with Crippen LogP contribution in [0.1, 0.15) is 43.9 Å². The Kier molecular flexibility index (Phi) is 5.38. The Morgan fingerprint density at radius 2 is 2.12 bits per heavy atom. The van der Waals surface area contributed by atoms with E-state index in [1.807, 2.05) is 0 Å². The molecule has 26 heavy (non-hydrogen) atoms. The number of ether oxygens (including phenoxy) is 1. The lowest BCUT2D eigenvalue weighted by atomic mass is 10.2. The molecule has 0 radical (unpaired) electrons. The Morgan fingerprint density at radius 3 is 2.73 bits per heavy atom. The molecule has 1 aliphatic carbocycles. The Balaban J connectivity index is 2.05. The quantitative estimate of drug-likeness (QED) is 0.459. The SMILES string of the molecule is CCO/N=C(\c1ncc(C(F)(F)F)cc1OC1CCCC1)n1cncn1. The van der Waals surface area contributed by atoms with E-state index in [2.05, 4.69) is 20.2 Å². The van der Waals surface area contributed by atoms with E-state index in [-0.39, 0.29) is 30.0 Å². The first-order chi connectivity index (χ1) is 12.5. The predicted molar refractivity (Wildman–Crippen MR) is 85.7 cm³/mol. The van der Waals surface area contributed by atoms with Crippen molar-refractivity contribution in [3.63, 3.8) is 0 Å². The summed E-state index contributed by atoms with van der Waals surface area (Å²) in [6, 6.07) is 0.943. The van der Waals surface area contributed by atoms with Gasteiger partial charge in [0.25, 0.3) is 0 Å². The van der Waals surface area contributed by atoms with Crippen molar-refractivity contribution in [3.05, 3.63) is 36.2 Å². The minimum Gasteiger partial charge on any atom is -0.488 e. The maximum atomic E-state index is 13.1. The number of rotatable bonds is 5. The minimum atomic E-state index is -4.52. The lowest BCUT2D eigenvalue weighted by Gasteiger charge is -2.18. The molecule has 0 bridgehead atoms. The van der Waals surface area contributed by atoms with Crippen LogP contribution in [0, 0.1) is 0 Å². The Bertz CT molecular complexity index is 756. The van der Waals surface area contributed by atoms with Crippen LogP contribution >= 0.6 is 0 Å². The molecule has 0 saturated heterocycles. The molecule has 0 aromatic carbocycles. The zero-order valence-corrected chi connectivity index (χ0v) is 14.1. The molecule has 1 aliphatic rings. The monoisotopic (exact) mass is 369 g/mol. The summed E-state index contributed by atoms with van der Waals surface area (Å²) in [4.78, 5) is 12.9. The van der Waals surface area contributed by atoms with Gasteiger partial charge in [0.15, 0.2) is 5.69 Å². The molecule has 0 amide bonds. The molecule has 0 spiro atoms. The van der Waals surface area contributed by atoms with Gasteiger partial charge < -0.3 is 9.57 Å². The molecule has 2 aromatic rings. The topological polar surface area (TPSA) is 74.4 Å². The Morgan fingerprint density at radius 1 is 1.35 bits per heavy atom. The normalized spacial score (nSPS) is 16.1. The fraction of sp³-hybridized carbons (Fsp3) is 0.500. The molecule has 0 aliphatic heterocycles. The highest BCUT2D eigenvalue weighted by Gasteiger charge is 2.33. The number of alkyl halides is 3. The van der Waals surface area contributed by atoms with Crippen molar-refractivity contribution in [2.45, 2.75) is 44.9 Å². The van der Waals surface area contributed by atoms with E-state index in [1.165, 1.54) is 17.3 Å². The average molecular weight is 369 g/mol. The highest BCUT2D eigenvalue weighted by molar-refractivity contribution is 6.00. The zero-order chi connectivity index (χ0) is 18.6. The Hall–Kier alpha value is -2.65. The van der Waals surface area contributed by atoms with Gasteiger partial charge in [-0.05, 0) is 38.7 Å². The van der Waals surface area contributed by atoms with E-state index >= 15 is 0 Å². The Labute approximate surface area is 147 Å². The van der Waals surface area contributed by atoms with Crippen LogP contribution in [0.2, 0.25) is 0 Å². The van der Waals surface area contributed by atoms with E-state index in [0.717, 1.165) is 37.9 Å². The number of oxime groups is 1.